The first-order valence-corrected chi connectivity index (χ1v) is 8.49. The van der Waals surface area contributed by atoms with Crippen molar-refractivity contribution in [2.75, 3.05) is 44.3 Å². The summed E-state index contributed by atoms with van der Waals surface area (Å²) in [6.45, 7) is 4.02. The van der Waals surface area contributed by atoms with Gasteiger partial charge in [0.1, 0.15) is 0 Å². The Kier molecular flexibility index (Phi) is 5.20. The number of morpholine rings is 1. The van der Waals surface area contributed by atoms with Crippen molar-refractivity contribution in [3.63, 3.8) is 0 Å². The van der Waals surface area contributed by atoms with Crippen LogP contribution in [0.3, 0.4) is 0 Å². The molecule has 0 unspecified atom stereocenters. The molecule has 1 amide bonds. The Hall–Kier alpha value is -1.86. The number of rotatable bonds is 3. The first-order valence-electron chi connectivity index (χ1n) is 8.11. The predicted octanol–water partition coefficient (Wildman–Crippen LogP) is 2.32. The van der Waals surface area contributed by atoms with Crippen molar-refractivity contribution in [2.24, 2.45) is 5.92 Å². The number of hydrogen-bond donors (Lipinski definition) is 0. The maximum absolute atomic E-state index is 12.5. The molecule has 8 heteroatoms. The van der Waals surface area contributed by atoms with Gasteiger partial charge in [0.2, 0.25) is 5.91 Å². The van der Waals surface area contributed by atoms with Crippen LogP contribution in [0.15, 0.2) is 18.2 Å². The standard InChI is InChI=1S/C16H20ClN3O4/c17-14-11-13(20(22)23)1-2-15(14)18-5-3-12(4-6-18)16(21)19-7-9-24-10-8-19/h1-2,11-12H,3-10H2. The number of anilines is 1. The number of carbonyl (C=O) groups is 1. The van der Waals surface area contributed by atoms with Gasteiger partial charge in [0.25, 0.3) is 5.69 Å². The number of ether oxygens (including phenoxy) is 1. The lowest BCUT2D eigenvalue weighted by Crippen LogP contribution is -2.46. The van der Waals surface area contributed by atoms with Crippen molar-refractivity contribution in [2.45, 2.75) is 12.8 Å². The zero-order valence-corrected chi connectivity index (χ0v) is 14.1. The molecule has 130 valence electrons. The number of nitrogens with zero attached hydrogens (tertiary/aromatic N) is 3. The highest BCUT2D eigenvalue weighted by Crippen LogP contribution is 2.32. The summed E-state index contributed by atoms with van der Waals surface area (Å²) in [6.07, 6.45) is 1.53. The highest BCUT2D eigenvalue weighted by Gasteiger charge is 2.30. The van der Waals surface area contributed by atoms with Crippen LogP contribution in [0.25, 0.3) is 0 Å². The third-order valence-corrected chi connectivity index (χ3v) is 4.95. The van der Waals surface area contributed by atoms with Crippen LogP contribution in [0.5, 0.6) is 0 Å². The van der Waals surface area contributed by atoms with Gasteiger partial charge in [-0.25, -0.2) is 0 Å². The average Bonchev–Trinajstić information content (AvgIpc) is 2.62. The van der Waals surface area contributed by atoms with Crippen molar-refractivity contribution in [1.82, 2.24) is 4.90 Å². The largest absolute Gasteiger partial charge is 0.378 e. The number of carbonyl (C=O) groups excluding carboxylic acids is 1. The van der Waals surface area contributed by atoms with E-state index in [4.69, 9.17) is 16.3 Å². The molecule has 7 nitrogen and oxygen atoms in total. The van der Waals surface area contributed by atoms with Gasteiger partial charge in [0, 0.05) is 44.2 Å². The molecule has 1 aromatic rings. The van der Waals surface area contributed by atoms with Crippen molar-refractivity contribution in [3.8, 4) is 0 Å². The number of hydrogen-bond acceptors (Lipinski definition) is 5. The molecular weight excluding hydrogens is 334 g/mol. The molecule has 0 radical (unpaired) electrons. The minimum Gasteiger partial charge on any atom is -0.378 e. The van der Waals surface area contributed by atoms with Gasteiger partial charge in [0.05, 0.1) is 28.8 Å². The number of halogens is 1. The molecule has 0 spiro atoms. The van der Waals surface area contributed by atoms with Crippen LogP contribution in [-0.4, -0.2) is 55.1 Å². The second kappa shape index (κ2) is 7.36. The Bertz CT molecular complexity index is 626. The molecule has 0 N–H and O–H groups in total. The van der Waals surface area contributed by atoms with Gasteiger partial charge < -0.3 is 14.5 Å². The number of amides is 1. The van der Waals surface area contributed by atoms with Crippen LogP contribution in [0.1, 0.15) is 12.8 Å². The summed E-state index contributed by atoms with van der Waals surface area (Å²) in [7, 11) is 0. The van der Waals surface area contributed by atoms with E-state index in [9.17, 15) is 14.9 Å². The minimum absolute atomic E-state index is 0.0128. The van der Waals surface area contributed by atoms with Gasteiger partial charge in [-0.2, -0.15) is 0 Å². The van der Waals surface area contributed by atoms with E-state index in [0.717, 1.165) is 31.6 Å². The lowest BCUT2D eigenvalue weighted by Gasteiger charge is -2.36. The van der Waals surface area contributed by atoms with Gasteiger partial charge in [-0.15, -0.1) is 0 Å². The van der Waals surface area contributed by atoms with Crippen molar-refractivity contribution in [3.05, 3.63) is 33.3 Å². The Morgan fingerprint density at radius 3 is 2.46 bits per heavy atom. The summed E-state index contributed by atoms with van der Waals surface area (Å²) >= 11 is 6.19. The van der Waals surface area contributed by atoms with E-state index in [-0.39, 0.29) is 17.5 Å². The highest BCUT2D eigenvalue weighted by molar-refractivity contribution is 6.33. The molecule has 0 aromatic heterocycles. The average molecular weight is 354 g/mol. The third-order valence-electron chi connectivity index (χ3n) is 4.65. The molecule has 2 aliphatic rings. The van der Waals surface area contributed by atoms with Crippen LogP contribution in [0.2, 0.25) is 5.02 Å². The van der Waals surface area contributed by atoms with Crippen molar-refractivity contribution >= 4 is 28.9 Å². The molecule has 0 aliphatic carbocycles. The summed E-state index contributed by atoms with van der Waals surface area (Å²) in [5.74, 6) is 0.254. The van der Waals surface area contributed by atoms with Gasteiger partial charge in [0.15, 0.2) is 0 Å². The van der Waals surface area contributed by atoms with Gasteiger partial charge in [-0.1, -0.05) is 11.6 Å². The van der Waals surface area contributed by atoms with Gasteiger partial charge in [-0.05, 0) is 18.9 Å². The molecule has 2 fully saturated rings. The molecule has 3 rings (SSSR count). The van der Waals surface area contributed by atoms with Crippen molar-refractivity contribution in [1.29, 1.82) is 0 Å². The molecular formula is C16H20ClN3O4. The molecule has 24 heavy (non-hydrogen) atoms. The Morgan fingerprint density at radius 2 is 1.88 bits per heavy atom. The zero-order chi connectivity index (χ0) is 17.1. The zero-order valence-electron chi connectivity index (χ0n) is 13.3. The van der Waals surface area contributed by atoms with Crippen LogP contribution in [0.4, 0.5) is 11.4 Å². The van der Waals surface area contributed by atoms with E-state index in [1.807, 2.05) is 4.90 Å². The van der Waals surface area contributed by atoms with Crippen molar-refractivity contribution < 1.29 is 14.5 Å². The molecule has 2 aliphatic heterocycles. The van der Waals surface area contributed by atoms with Gasteiger partial charge >= 0.3 is 0 Å². The number of non-ortho nitro benzene ring substituents is 1. The van der Waals surface area contributed by atoms with E-state index < -0.39 is 4.92 Å². The second-order valence-electron chi connectivity index (χ2n) is 6.09. The molecule has 0 atom stereocenters. The predicted molar refractivity (Wildman–Crippen MR) is 90.4 cm³/mol. The molecule has 0 saturated carbocycles. The summed E-state index contributed by atoms with van der Waals surface area (Å²) in [5, 5.41) is 11.2. The normalized spacial score (nSPS) is 19.4. The summed E-state index contributed by atoms with van der Waals surface area (Å²) < 4.78 is 5.29. The molecule has 2 heterocycles. The van der Waals surface area contributed by atoms with E-state index in [1.54, 1.807) is 6.07 Å². The van der Waals surface area contributed by atoms with Crippen LogP contribution < -0.4 is 4.90 Å². The van der Waals surface area contributed by atoms with E-state index in [0.29, 0.717) is 31.3 Å². The lowest BCUT2D eigenvalue weighted by atomic mass is 9.94. The maximum Gasteiger partial charge on any atom is 0.271 e. The smallest absolute Gasteiger partial charge is 0.271 e. The molecule has 2 saturated heterocycles. The number of nitro benzene ring substituents is 1. The van der Waals surface area contributed by atoms with Crippen LogP contribution >= 0.6 is 11.6 Å². The fourth-order valence-corrected chi connectivity index (χ4v) is 3.57. The second-order valence-corrected chi connectivity index (χ2v) is 6.50. The molecule has 1 aromatic carbocycles. The lowest BCUT2D eigenvalue weighted by molar-refractivity contribution is -0.384. The number of nitro groups is 1. The highest BCUT2D eigenvalue weighted by atomic mass is 35.5. The fourth-order valence-electron chi connectivity index (χ4n) is 3.28. The Morgan fingerprint density at radius 1 is 1.21 bits per heavy atom. The summed E-state index contributed by atoms with van der Waals surface area (Å²) in [6, 6.07) is 4.53. The first kappa shape index (κ1) is 17.0. The number of benzene rings is 1. The van der Waals surface area contributed by atoms with Gasteiger partial charge in [-0.3, -0.25) is 14.9 Å². The van der Waals surface area contributed by atoms with E-state index in [1.165, 1.54) is 12.1 Å². The SMILES string of the molecule is O=C(C1CCN(c2ccc([N+](=O)[O-])cc2Cl)CC1)N1CCOCC1. The number of piperidine rings is 1. The maximum atomic E-state index is 12.5. The molecule has 0 bridgehead atoms. The fraction of sp³-hybridized carbons (Fsp3) is 0.562. The Labute approximate surface area is 145 Å². The quantitative estimate of drug-likeness (QED) is 0.615. The van der Waals surface area contributed by atoms with E-state index >= 15 is 0 Å². The monoisotopic (exact) mass is 353 g/mol. The first-order chi connectivity index (χ1) is 11.6. The van der Waals surface area contributed by atoms with E-state index in [2.05, 4.69) is 4.90 Å². The Balaban J connectivity index is 1.60. The third kappa shape index (κ3) is 3.62. The summed E-state index contributed by atoms with van der Waals surface area (Å²) in [4.78, 5) is 26.9. The topological polar surface area (TPSA) is 75.9 Å². The minimum atomic E-state index is -0.455. The van der Waals surface area contributed by atoms with Crippen LogP contribution in [0, 0.1) is 16.0 Å². The van der Waals surface area contributed by atoms with Crippen LogP contribution in [-0.2, 0) is 9.53 Å². The summed E-state index contributed by atoms with van der Waals surface area (Å²) in [5.41, 5.74) is 0.778.